The number of imidazole rings is 1. The number of aromatic nitrogens is 2. The number of nitrogens with one attached hydrogen (secondary N) is 2. The predicted octanol–water partition coefficient (Wildman–Crippen LogP) is 2.96. The molecule has 1 heterocycles. The maximum atomic E-state index is 13.0. The molecule has 0 fully saturated rings. The van der Waals surface area contributed by atoms with E-state index < -0.39 is 5.82 Å². The Morgan fingerprint density at radius 2 is 2.13 bits per heavy atom. The molecular formula is C17H16FN3O2. The van der Waals surface area contributed by atoms with Crippen LogP contribution in [-0.4, -0.2) is 22.5 Å². The second kappa shape index (κ2) is 6.48. The van der Waals surface area contributed by atoms with Crippen LogP contribution in [0, 0.1) is 5.82 Å². The van der Waals surface area contributed by atoms with Crippen LogP contribution in [0.2, 0.25) is 0 Å². The fourth-order valence-corrected chi connectivity index (χ4v) is 2.23. The topological polar surface area (TPSA) is 67.0 Å². The van der Waals surface area contributed by atoms with Crippen molar-refractivity contribution in [1.82, 2.24) is 15.3 Å². The van der Waals surface area contributed by atoms with Crippen LogP contribution in [0.15, 0.2) is 48.5 Å². The van der Waals surface area contributed by atoms with Crippen LogP contribution in [0.4, 0.5) is 4.39 Å². The lowest BCUT2D eigenvalue weighted by Gasteiger charge is -2.12. The van der Waals surface area contributed by atoms with Crippen molar-refractivity contribution in [2.24, 2.45) is 0 Å². The van der Waals surface area contributed by atoms with Crippen molar-refractivity contribution >= 4 is 16.9 Å². The Bertz CT molecular complexity index is 798. The largest absolute Gasteiger partial charge is 0.484 e. The average Bonchev–Trinajstić information content (AvgIpc) is 2.97. The minimum atomic E-state index is -0.404. The first kappa shape index (κ1) is 15.0. The molecule has 2 N–H and O–H groups in total. The molecule has 0 aliphatic carbocycles. The minimum Gasteiger partial charge on any atom is -0.484 e. The highest BCUT2D eigenvalue weighted by atomic mass is 19.1. The highest BCUT2D eigenvalue weighted by molar-refractivity contribution is 5.78. The van der Waals surface area contributed by atoms with Gasteiger partial charge in [0.05, 0.1) is 17.1 Å². The number of hydrogen-bond acceptors (Lipinski definition) is 3. The van der Waals surface area contributed by atoms with E-state index in [4.69, 9.17) is 4.74 Å². The zero-order valence-corrected chi connectivity index (χ0v) is 12.5. The van der Waals surface area contributed by atoms with E-state index in [2.05, 4.69) is 15.3 Å². The van der Waals surface area contributed by atoms with E-state index in [-0.39, 0.29) is 18.6 Å². The van der Waals surface area contributed by atoms with Gasteiger partial charge in [0, 0.05) is 6.07 Å². The van der Waals surface area contributed by atoms with Crippen molar-refractivity contribution in [2.75, 3.05) is 6.61 Å². The molecule has 0 bridgehead atoms. The van der Waals surface area contributed by atoms with Crippen molar-refractivity contribution in [1.29, 1.82) is 0 Å². The number of fused-ring (bicyclic) bond motifs is 1. The number of carbonyl (C=O) groups excluding carboxylic acids is 1. The number of para-hydroxylation sites is 2. The second-order valence-electron chi connectivity index (χ2n) is 5.17. The zero-order valence-electron chi connectivity index (χ0n) is 12.5. The summed E-state index contributed by atoms with van der Waals surface area (Å²) < 4.78 is 18.3. The maximum Gasteiger partial charge on any atom is 0.258 e. The van der Waals surface area contributed by atoms with Crippen LogP contribution in [0.5, 0.6) is 5.75 Å². The molecule has 0 radical (unpaired) electrons. The molecular weight excluding hydrogens is 297 g/mol. The van der Waals surface area contributed by atoms with Gasteiger partial charge in [-0.15, -0.1) is 0 Å². The predicted molar refractivity (Wildman–Crippen MR) is 84.5 cm³/mol. The molecule has 0 saturated heterocycles. The number of benzene rings is 2. The first-order valence-electron chi connectivity index (χ1n) is 7.24. The third kappa shape index (κ3) is 3.66. The summed E-state index contributed by atoms with van der Waals surface area (Å²) in [5, 5.41) is 2.79. The quantitative estimate of drug-likeness (QED) is 0.761. The minimum absolute atomic E-state index is 0.186. The third-order valence-electron chi connectivity index (χ3n) is 3.36. The smallest absolute Gasteiger partial charge is 0.258 e. The van der Waals surface area contributed by atoms with E-state index in [0.717, 1.165) is 11.0 Å². The number of rotatable bonds is 5. The van der Waals surface area contributed by atoms with E-state index in [1.165, 1.54) is 18.2 Å². The van der Waals surface area contributed by atoms with Crippen molar-refractivity contribution in [3.63, 3.8) is 0 Å². The molecule has 118 valence electrons. The number of carbonyl (C=O) groups is 1. The molecule has 1 unspecified atom stereocenters. The SMILES string of the molecule is CC(NC(=O)COc1cccc(F)c1)c1nc2ccccc2[nH]1. The third-order valence-corrected chi connectivity index (χ3v) is 3.36. The van der Waals surface area contributed by atoms with Gasteiger partial charge in [0.2, 0.25) is 0 Å². The van der Waals surface area contributed by atoms with Gasteiger partial charge in [0.15, 0.2) is 6.61 Å². The van der Waals surface area contributed by atoms with E-state index in [1.807, 2.05) is 31.2 Å². The molecule has 5 nitrogen and oxygen atoms in total. The first-order chi connectivity index (χ1) is 11.1. The summed E-state index contributed by atoms with van der Waals surface area (Å²) in [6, 6.07) is 13.0. The molecule has 0 saturated carbocycles. The lowest BCUT2D eigenvalue weighted by molar-refractivity contribution is -0.123. The van der Waals surface area contributed by atoms with Crippen molar-refractivity contribution < 1.29 is 13.9 Å². The molecule has 0 aliphatic heterocycles. The van der Waals surface area contributed by atoms with Crippen LogP contribution in [0.3, 0.4) is 0 Å². The van der Waals surface area contributed by atoms with E-state index in [0.29, 0.717) is 11.6 Å². The van der Waals surface area contributed by atoms with Gasteiger partial charge in [0.1, 0.15) is 17.4 Å². The number of nitrogens with zero attached hydrogens (tertiary/aromatic N) is 1. The molecule has 1 aromatic heterocycles. The summed E-state index contributed by atoms with van der Waals surface area (Å²) in [5.41, 5.74) is 1.76. The van der Waals surface area contributed by atoms with Crippen LogP contribution in [0.1, 0.15) is 18.8 Å². The number of halogens is 1. The zero-order chi connectivity index (χ0) is 16.2. The molecule has 2 aromatic carbocycles. The monoisotopic (exact) mass is 313 g/mol. The first-order valence-corrected chi connectivity index (χ1v) is 7.24. The van der Waals surface area contributed by atoms with Gasteiger partial charge >= 0.3 is 0 Å². The van der Waals surface area contributed by atoms with Gasteiger partial charge in [-0.1, -0.05) is 18.2 Å². The average molecular weight is 313 g/mol. The molecule has 6 heteroatoms. The van der Waals surface area contributed by atoms with Gasteiger partial charge in [0.25, 0.3) is 5.91 Å². The summed E-state index contributed by atoms with van der Waals surface area (Å²) >= 11 is 0. The molecule has 3 rings (SSSR count). The highest BCUT2D eigenvalue weighted by Gasteiger charge is 2.14. The Hall–Kier alpha value is -2.89. The Morgan fingerprint density at radius 3 is 2.91 bits per heavy atom. The second-order valence-corrected chi connectivity index (χ2v) is 5.17. The summed E-state index contributed by atoms with van der Waals surface area (Å²) in [6.45, 7) is 1.64. The van der Waals surface area contributed by atoms with Crippen molar-refractivity contribution in [3.8, 4) is 5.75 Å². The van der Waals surface area contributed by atoms with Gasteiger partial charge in [-0.3, -0.25) is 4.79 Å². The van der Waals surface area contributed by atoms with Crippen LogP contribution >= 0.6 is 0 Å². The van der Waals surface area contributed by atoms with Gasteiger partial charge < -0.3 is 15.0 Å². The Labute approximate surface area is 132 Å². The fourth-order valence-electron chi connectivity index (χ4n) is 2.23. The number of aromatic amines is 1. The van der Waals surface area contributed by atoms with Crippen LogP contribution in [0.25, 0.3) is 11.0 Å². The molecule has 0 spiro atoms. The Morgan fingerprint density at radius 1 is 1.30 bits per heavy atom. The molecule has 3 aromatic rings. The summed E-state index contributed by atoms with van der Waals surface area (Å²) in [5.74, 6) is 0.280. The lowest BCUT2D eigenvalue weighted by Crippen LogP contribution is -2.31. The molecule has 1 amide bonds. The van der Waals surface area contributed by atoms with Crippen LogP contribution in [-0.2, 0) is 4.79 Å². The standard InChI is InChI=1S/C17H16FN3O2/c1-11(17-20-14-7-2-3-8-15(14)21-17)19-16(22)10-23-13-6-4-5-12(18)9-13/h2-9,11H,10H2,1H3,(H,19,22)(H,20,21). The molecule has 1 atom stereocenters. The van der Waals surface area contributed by atoms with Crippen molar-refractivity contribution in [2.45, 2.75) is 13.0 Å². The van der Waals surface area contributed by atoms with E-state index in [9.17, 15) is 9.18 Å². The number of ether oxygens (including phenoxy) is 1. The maximum absolute atomic E-state index is 13.0. The Kier molecular flexibility index (Phi) is 4.23. The van der Waals surface area contributed by atoms with E-state index >= 15 is 0 Å². The Balaban J connectivity index is 1.58. The lowest BCUT2D eigenvalue weighted by atomic mass is 10.3. The number of H-pyrrole nitrogens is 1. The summed E-state index contributed by atoms with van der Waals surface area (Å²) in [6.07, 6.45) is 0. The van der Waals surface area contributed by atoms with Gasteiger partial charge in [-0.05, 0) is 31.2 Å². The number of hydrogen-bond donors (Lipinski definition) is 2. The molecule has 0 aliphatic rings. The molecule has 23 heavy (non-hydrogen) atoms. The van der Waals surface area contributed by atoms with Gasteiger partial charge in [-0.2, -0.15) is 0 Å². The summed E-state index contributed by atoms with van der Waals surface area (Å²) in [4.78, 5) is 19.5. The van der Waals surface area contributed by atoms with Gasteiger partial charge in [-0.25, -0.2) is 9.37 Å². The summed E-state index contributed by atoms with van der Waals surface area (Å²) in [7, 11) is 0. The fraction of sp³-hybridized carbons (Fsp3) is 0.176. The van der Waals surface area contributed by atoms with E-state index in [1.54, 1.807) is 6.07 Å². The highest BCUT2D eigenvalue weighted by Crippen LogP contribution is 2.15. The normalized spacial score (nSPS) is 12.1. The van der Waals surface area contributed by atoms with Crippen LogP contribution < -0.4 is 10.1 Å². The van der Waals surface area contributed by atoms with Crippen molar-refractivity contribution in [3.05, 3.63) is 60.2 Å². The number of amides is 1.